The topological polar surface area (TPSA) is 74.8 Å². The van der Waals surface area contributed by atoms with Gasteiger partial charge < -0.3 is 28.7 Å². The Kier molecular flexibility index (Phi) is 5.92. The molecule has 2 aromatic carbocycles. The summed E-state index contributed by atoms with van der Waals surface area (Å²) in [5.74, 6) is 1.11. The first-order valence-corrected chi connectivity index (χ1v) is 9.65. The normalized spacial score (nSPS) is 11.4. The number of nitrogens with one attached hydrogen (secondary N) is 1. The summed E-state index contributed by atoms with van der Waals surface area (Å²) in [5, 5.41) is 1.14. The summed E-state index contributed by atoms with van der Waals surface area (Å²) in [6, 6.07) is 10.3. The molecule has 1 N–H and O–H groups in total. The van der Waals surface area contributed by atoms with Crippen LogP contribution in [0.1, 0.15) is 5.69 Å². The standard InChI is InChI=1S/C23H23FN2O5/c1-13-9-15-16(26-13)5-6-19(23(15)24)31-18-7-8-25-17-11-21(20(27-2)10-14(17)18)30-12-22(28-3)29-4/h5-11,22,26H,12H2,1-4H3. The lowest BCUT2D eigenvalue weighted by Crippen LogP contribution is -2.22. The van der Waals surface area contributed by atoms with E-state index in [9.17, 15) is 4.39 Å². The van der Waals surface area contributed by atoms with Crippen molar-refractivity contribution in [2.24, 2.45) is 0 Å². The zero-order valence-electron chi connectivity index (χ0n) is 17.7. The number of nitrogens with zero attached hydrogens (tertiary/aromatic N) is 1. The van der Waals surface area contributed by atoms with Gasteiger partial charge in [0.15, 0.2) is 29.4 Å². The van der Waals surface area contributed by atoms with Gasteiger partial charge in [0.25, 0.3) is 0 Å². The highest BCUT2D eigenvalue weighted by molar-refractivity contribution is 5.89. The first-order valence-electron chi connectivity index (χ1n) is 9.65. The molecule has 0 aliphatic heterocycles. The van der Waals surface area contributed by atoms with Crippen molar-refractivity contribution in [1.82, 2.24) is 9.97 Å². The molecular formula is C23H23FN2O5. The minimum Gasteiger partial charge on any atom is -0.493 e. The number of fused-ring (bicyclic) bond motifs is 2. The molecule has 8 heteroatoms. The molecule has 0 aliphatic rings. The summed E-state index contributed by atoms with van der Waals surface area (Å²) in [4.78, 5) is 7.50. The third-order valence-electron chi connectivity index (χ3n) is 4.94. The predicted octanol–water partition coefficient (Wildman–Crippen LogP) is 4.96. The van der Waals surface area contributed by atoms with Gasteiger partial charge in [-0.3, -0.25) is 4.98 Å². The fourth-order valence-corrected chi connectivity index (χ4v) is 3.37. The number of aromatic amines is 1. The Morgan fingerprint density at radius 2 is 1.74 bits per heavy atom. The second-order valence-corrected chi connectivity index (χ2v) is 6.93. The second kappa shape index (κ2) is 8.79. The van der Waals surface area contributed by atoms with Crippen LogP contribution in [0.25, 0.3) is 21.8 Å². The van der Waals surface area contributed by atoms with Gasteiger partial charge >= 0.3 is 0 Å². The van der Waals surface area contributed by atoms with Crippen molar-refractivity contribution in [3.05, 3.63) is 54.1 Å². The largest absolute Gasteiger partial charge is 0.493 e. The van der Waals surface area contributed by atoms with Crippen molar-refractivity contribution < 1.29 is 28.1 Å². The summed E-state index contributed by atoms with van der Waals surface area (Å²) in [5.41, 5.74) is 2.20. The molecule has 0 saturated carbocycles. The number of halogens is 1. The molecule has 4 aromatic rings. The lowest BCUT2D eigenvalue weighted by molar-refractivity contribution is -0.122. The minimum atomic E-state index is -0.516. The number of methoxy groups -OCH3 is 3. The third-order valence-corrected chi connectivity index (χ3v) is 4.94. The maximum Gasteiger partial charge on any atom is 0.191 e. The van der Waals surface area contributed by atoms with Crippen LogP contribution in [0.5, 0.6) is 23.0 Å². The zero-order chi connectivity index (χ0) is 22.0. The molecule has 0 unspecified atom stereocenters. The van der Waals surface area contributed by atoms with Crippen LogP contribution in [0.2, 0.25) is 0 Å². The summed E-state index contributed by atoms with van der Waals surface area (Å²) in [7, 11) is 4.61. The molecule has 31 heavy (non-hydrogen) atoms. The number of benzene rings is 2. The Labute approximate surface area is 178 Å². The monoisotopic (exact) mass is 426 g/mol. The molecule has 0 radical (unpaired) electrons. The van der Waals surface area contributed by atoms with E-state index in [1.165, 1.54) is 21.3 Å². The minimum absolute atomic E-state index is 0.126. The maximum absolute atomic E-state index is 15.0. The molecule has 162 valence electrons. The van der Waals surface area contributed by atoms with Crippen LogP contribution in [0, 0.1) is 12.7 Å². The highest BCUT2D eigenvalue weighted by Crippen LogP contribution is 2.38. The molecule has 0 spiro atoms. The van der Waals surface area contributed by atoms with Crippen LogP contribution in [-0.4, -0.2) is 44.2 Å². The van der Waals surface area contributed by atoms with Crippen LogP contribution in [0.4, 0.5) is 4.39 Å². The van der Waals surface area contributed by atoms with Gasteiger partial charge in [-0.05, 0) is 37.3 Å². The van der Waals surface area contributed by atoms with E-state index in [0.717, 1.165) is 11.2 Å². The fraction of sp³-hybridized carbons (Fsp3) is 0.261. The summed E-state index contributed by atoms with van der Waals surface area (Å²) >= 11 is 0. The van der Waals surface area contributed by atoms with Gasteiger partial charge in [0.05, 0.1) is 12.6 Å². The summed E-state index contributed by atoms with van der Waals surface area (Å²) in [6.07, 6.45) is 1.08. The number of ether oxygens (including phenoxy) is 5. The van der Waals surface area contributed by atoms with Crippen LogP contribution in [0.15, 0.2) is 42.6 Å². The first kappa shape index (κ1) is 20.9. The van der Waals surface area contributed by atoms with Crippen molar-refractivity contribution >= 4 is 21.8 Å². The van der Waals surface area contributed by atoms with Gasteiger partial charge in [-0.2, -0.15) is 0 Å². The van der Waals surface area contributed by atoms with Crippen molar-refractivity contribution in [1.29, 1.82) is 0 Å². The Balaban J connectivity index is 1.70. The molecule has 4 rings (SSSR count). The van der Waals surface area contributed by atoms with Crippen molar-refractivity contribution in [3.63, 3.8) is 0 Å². The van der Waals surface area contributed by atoms with Crippen molar-refractivity contribution in [3.8, 4) is 23.0 Å². The lowest BCUT2D eigenvalue weighted by Gasteiger charge is -2.17. The Morgan fingerprint density at radius 1 is 0.935 bits per heavy atom. The van der Waals surface area contributed by atoms with E-state index >= 15 is 0 Å². The molecule has 0 amide bonds. The van der Waals surface area contributed by atoms with E-state index in [4.69, 9.17) is 23.7 Å². The van der Waals surface area contributed by atoms with Crippen LogP contribution in [-0.2, 0) is 9.47 Å². The molecule has 0 bridgehead atoms. The molecule has 0 aliphatic carbocycles. The number of H-pyrrole nitrogens is 1. The molecule has 0 saturated heterocycles. The Bertz CT molecular complexity index is 1220. The third kappa shape index (κ3) is 4.12. The van der Waals surface area contributed by atoms with Gasteiger partial charge in [-0.1, -0.05) is 0 Å². The Morgan fingerprint density at radius 3 is 2.48 bits per heavy atom. The number of aryl methyl sites for hydroxylation is 1. The van der Waals surface area contributed by atoms with E-state index < -0.39 is 12.1 Å². The second-order valence-electron chi connectivity index (χ2n) is 6.93. The smallest absolute Gasteiger partial charge is 0.191 e. The quantitative estimate of drug-likeness (QED) is 0.401. The zero-order valence-corrected chi connectivity index (χ0v) is 17.7. The molecule has 2 heterocycles. The van der Waals surface area contributed by atoms with E-state index in [2.05, 4.69) is 9.97 Å². The van der Waals surface area contributed by atoms with Gasteiger partial charge in [0.1, 0.15) is 12.4 Å². The van der Waals surface area contributed by atoms with Crippen molar-refractivity contribution in [2.45, 2.75) is 13.2 Å². The summed E-state index contributed by atoms with van der Waals surface area (Å²) in [6.45, 7) is 2.05. The lowest BCUT2D eigenvalue weighted by atomic mass is 10.1. The molecular weight excluding hydrogens is 403 g/mol. The average Bonchev–Trinajstić information content (AvgIpc) is 3.17. The highest BCUT2D eigenvalue weighted by Gasteiger charge is 2.16. The van der Waals surface area contributed by atoms with Crippen LogP contribution < -0.4 is 14.2 Å². The molecule has 2 aromatic heterocycles. The van der Waals surface area contributed by atoms with Crippen LogP contribution >= 0.6 is 0 Å². The number of hydrogen-bond acceptors (Lipinski definition) is 6. The summed E-state index contributed by atoms with van der Waals surface area (Å²) < 4.78 is 42.5. The van der Waals surface area contributed by atoms with Crippen LogP contribution in [0.3, 0.4) is 0 Å². The maximum atomic E-state index is 15.0. The van der Waals surface area contributed by atoms with Gasteiger partial charge in [0, 0.05) is 48.5 Å². The SMILES string of the molecule is COc1cc2c(Oc3ccc4[nH]c(C)cc4c3F)ccnc2cc1OCC(OC)OC. The molecule has 0 atom stereocenters. The number of rotatable bonds is 8. The predicted molar refractivity (Wildman–Crippen MR) is 115 cm³/mol. The average molecular weight is 426 g/mol. The van der Waals surface area contributed by atoms with Gasteiger partial charge in [0.2, 0.25) is 0 Å². The fourth-order valence-electron chi connectivity index (χ4n) is 3.37. The van der Waals surface area contributed by atoms with Gasteiger partial charge in [-0.15, -0.1) is 0 Å². The Hall–Kier alpha value is -3.36. The molecule has 7 nitrogen and oxygen atoms in total. The van der Waals surface area contributed by atoms with Crippen molar-refractivity contribution in [2.75, 3.05) is 27.9 Å². The van der Waals surface area contributed by atoms with E-state index in [1.54, 1.807) is 42.6 Å². The van der Waals surface area contributed by atoms with E-state index in [-0.39, 0.29) is 12.4 Å². The van der Waals surface area contributed by atoms with Gasteiger partial charge in [-0.25, -0.2) is 4.39 Å². The van der Waals surface area contributed by atoms with E-state index in [0.29, 0.717) is 33.5 Å². The highest BCUT2D eigenvalue weighted by atomic mass is 19.1. The molecule has 0 fully saturated rings. The first-order chi connectivity index (χ1) is 15.0. The number of pyridine rings is 1. The number of aromatic nitrogens is 2. The van der Waals surface area contributed by atoms with E-state index in [1.807, 2.05) is 6.92 Å². The number of hydrogen-bond donors (Lipinski definition) is 1.